The normalized spacial score (nSPS) is 32.0. The van der Waals surface area contributed by atoms with Gasteiger partial charge in [-0.05, 0) is 26.4 Å². The van der Waals surface area contributed by atoms with Gasteiger partial charge in [0.1, 0.15) is 0 Å². The molecular weight excluding hydrogens is 226 g/mol. The maximum atomic E-state index is 5.88. The zero-order chi connectivity index (χ0) is 13.0. The summed E-state index contributed by atoms with van der Waals surface area (Å²) in [6, 6.07) is 1.29. The zero-order valence-electron chi connectivity index (χ0n) is 12.2. The van der Waals surface area contributed by atoms with Crippen molar-refractivity contribution in [3.63, 3.8) is 0 Å². The van der Waals surface area contributed by atoms with Crippen molar-refractivity contribution in [1.29, 1.82) is 0 Å². The SMILES string of the molecule is CCN(CC)C1CCN(C(C)C2CNCCO2)C1. The van der Waals surface area contributed by atoms with Crippen LogP contribution in [0.25, 0.3) is 0 Å². The Morgan fingerprint density at radius 1 is 1.39 bits per heavy atom. The van der Waals surface area contributed by atoms with Crippen molar-refractivity contribution >= 4 is 0 Å². The first-order valence-electron chi connectivity index (χ1n) is 7.56. The zero-order valence-corrected chi connectivity index (χ0v) is 12.2. The van der Waals surface area contributed by atoms with E-state index in [0.29, 0.717) is 12.1 Å². The average Bonchev–Trinajstić information content (AvgIpc) is 2.90. The van der Waals surface area contributed by atoms with Crippen LogP contribution in [0.15, 0.2) is 0 Å². The summed E-state index contributed by atoms with van der Waals surface area (Å²) in [5.41, 5.74) is 0. The molecule has 0 amide bonds. The lowest BCUT2D eigenvalue weighted by Crippen LogP contribution is -2.51. The van der Waals surface area contributed by atoms with Crippen LogP contribution in [0.4, 0.5) is 0 Å². The van der Waals surface area contributed by atoms with Crippen molar-refractivity contribution in [3.8, 4) is 0 Å². The Morgan fingerprint density at radius 2 is 2.17 bits per heavy atom. The summed E-state index contributed by atoms with van der Waals surface area (Å²) in [6.45, 7) is 14.5. The molecule has 0 spiro atoms. The molecule has 2 saturated heterocycles. The largest absolute Gasteiger partial charge is 0.374 e. The fourth-order valence-electron chi connectivity index (χ4n) is 3.31. The van der Waals surface area contributed by atoms with Crippen molar-refractivity contribution in [2.45, 2.75) is 45.4 Å². The highest BCUT2D eigenvalue weighted by atomic mass is 16.5. The summed E-state index contributed by atoms with van der Waals surface area (Å²) < 4.78 is 5.88. The summed E-state index contributed by atoms with van der Waals surface area (Å²) in [5, 5.41) is 3.43. The number of likely N-dealkylation sites (tertiary alicyclic amines) is 1. The molecule has 0 aliphatic carbocycles. The van der Waals surface area contributed by atoms with Crippen LogP contribution < -0.4 is 5.32 Å². The molecule has 2 heterocycles. The van der Waals surface area contributed by atoms with Crippen LogP contribution in [0.1, 0.15) is 27.2 Å². The van der Waals surface area contributed by atoms with Gasteiger partial charge in [0.25, 0.3) is 0 Å². The van der Waals surface area contributed by atoms with Crippen molar-refractivity contribution < 1.29 is 4.74 Å². The lowest BCUT2D eigenvalue weighted by atomic mass is 10.1. The van der Waals surface area contributed by atoms with Crippen LogP contribution in [0.3, 0.4) is 0 Å². The van der Waals surface area contributed by atoms with Crippen LogP contribution in [0, 0.1) is 0 Å². The van der Waals surface area contributed by atoms with Crippen LogP contribution in [0.5, 0.6) is 0 Å². The summed E-state index contributed by atoms with van der Waals surface area (Å²) in [5.74, 6) is 0. The third-order valence-corrected chi connectivity index (χ3v) is 4.59. The van der Waals surface area contributed by atoms with Gasteiger partial charge in [0.2, 0.25) is 0 Å². The highest BCUT2D eigenvalue weighted by molar-refractivity contribution is 4.89. The summed E-state index contributed by atoms with van der Waals surface area (Å²) >= 11 is 0. The quantitative estimate of drug-likeness (QED) is 0.786. The molecule has 0 aromatic carbocycles. The van der Waals surface area contributed by atoms with Gasteiger partial charge in [-0.1, -0.05) is 13.8 Å². The summed E-state index contributed by atoms with van der Waals surface area (Å²) in [4.78, 5) is 5.20. The molecule has 4 nitrogen and oxygen atoms in total. The number of rotatable bonds is 5. The van der Waals surface area contributed by atoms with E-state index in [4.69, 9.17) is 4.74 Å². The Morgan fingerprint density at radius 3 is 2.78 bits per heavy atom. The van der Waals surface area contributed by atoms with Gasteiger partial charge in [0.05, 0.1) is 12.7 Å². The molecular formula is C14H29N3O. The minimum Gasteiger partial charge on any atom is -0.374 e. The minimum atomic E-state index is 0.370. The molecule has 4 heteroatoms. The topological polar surface area (TPSA) is 27.7 Å². The van der Waals surface area contributed by atoms with Crippen LogP contribution in [0.2, 0.25) is 0 Å². The predicted octanol–water partition coefficient (Wildman–Crippen LogP) is 0.779. The number of ether oxygens (including phenoxy) is 1. The first-order valence-corrected chi connectivity index (χ1v) is 7.56. The highest BCUT2D eigenvalue weighted by Crippen LogP contribution is 2.20. The number of nitrogens with one attached hydrogen (secondary N) is 1. The molecule has 2 rings (SSSR count). The van der Waals surface area contributed by atoms with Crippen LogP contribution >= 0.6 is 0 Å². The molecule has 2 aliphatic rings. The maximum absolute atomic E-state index is 5.88. The Balaban J connectivity index is 1.83. The minimum absolute atomic E-state index is 0.370. The Labute approximate surface area is 112 Å². The van der Waals surface area contributed by atoms with Gasteiger partial charge < -0.3 is 10.1 Å². The standard InChI is InChI=1S/C14H29N3O/c1-4-16(5-2)13-6-8-17(11-13)12(3)14-10-15-7-9-18-14/h12-15H,4-11H2,1-3H3. The number of hydrogen-bond donors (Lipinski definition) is 1. The molecule has 0 bridgehead atoms. The average molecular weight is 255 g/mol. The van der Waals surface area contributed by atoms with Gasteiger partial charge in [-0.15, -0.1) is 0 Å². The molecule has 0 saturated carbocycles. The van der Waals surface area contributed by atoms with Gasteiger partial charge in [0, 0.05) is 38.3 Å². The summed E-state index contributed by atoms with van der Waals surface area (Å²) in [7, 11) is 0. The molecule has 2 fully saturated rings. The first kappa shape index (κ1) is 14.3. The van der Waals surface area contributed by atoms with E-state index in [1.54, 1.807) is 0 Å². The number of nitrogens with zero attached hydrogens (tertiary/aromatic N) is 2. The molecule has 106 valence electrons. The fourth-order valence-corrected chi connectivity index (χ4v) is 3.31. The summed E-state index contributed by atoms with van der Waals surface area (Å²) in [6.07, 6.45) is 1.68. The van der Waals surface area contributed by atoms with Gasteiger partial charge in [-0.25, -0.2) is 0 Å². The van der Waals surface area contributed by atoms with Crippen molar-refractivity contribution in [2.24, 2.45) is 0 Å². The maximum Gasteiger partial charge on any atom is 0.0852 e. The van der Waals surface area contributed by atoms with Crippen molar-refractivity contribution in [2.75, 3.05) is 45.9 Å². The lowest BCUT2D eigenvalue weighted by Gasteiger charge is -2.35. The molecule has 3 atom stereocenters. The van der Waals surface area contributed by atoms with Gasteiger partial charge in [-0.3, -0.25) is 9.80 Å². The molecule has 18 heavy (non-hydrogen) atoms. The van der Waals surface area contributed by atoms with E-state index in [0.717, 1.165) is 25.7 Å². The van der Waals surface area contributed by atoms with E-state index in [1.807, 2.05) is 0 Å². The van der Waals surface area contributed by atoms with Gasteiger partial charge >= 0.3 is 0 Å². The molecule has 2 aliphatic heterocycles. The predicted molar refractivity (Wildman–Crippen MR) is 75.0 cm³/mol. The second-order valence-corrected chi connectivity index (χ2v) is 5.51. The van der Waals surface area contributed by atoms with Crippen LogP contribution in [-0.2, 0) is 4.74 Å². The number of hydrogen-bond acceptors (Lipinski definition) is 4. The van der Waals surface area contributed by atoms with E-state index in [-0.39, 0.29) is 0 Å². The molecule has 0 aromatic heterocycles. The number of morpholine rings is 1. The highest BCUT2D eigenvalue weighted by Gasteiger charge is 2.33. The van der Waals surface area contributed by atoms with Crippen LogP contribution in [-0.4, -0.2) is 73.9 Å². The second kappa shape index (κ2) is 6.85. The van der Waals surface area contributed by atoms with E-state index in [9.17, 15) is 0 Å². The Kier molecular flexibility index (Phi) is 5.42. The lowest BCUT2D eigenvalue weighted by molar-refractivity contribution is -0.0220. The van der Waals surface area contributed by atoms with E-state index < -0.39 is 0 Å². The van der Waals surface area contributed by atoms with Gasteiger partial charge in [-0.2, -0.15) is 0 Å². The second-order valence-electron chi connectivity index (χ2n) is 5.51. The molecule has 0 aromatic rings. The van der Waals surface area contributed by atoms with Crippen molar-refractivity contribution in [3.05, 3.63) is 0 Å². The van der Waals surface area contributed by atoms with E-state index >= 15 is 0 Å². The first-order chi connectivity index (χ1) is 8.76. The Hall–Kier alpha value is -0.160. The molecule has 0 radical (unpaired) electrons. The smallest absolute Gasteiger partial charge is 0.0852 e. The third-order valence-electron chi connectivity index (χ3n) is 4.59. The van der Waals surface area contributed by atoms with Gasteiger partial charge in [0.15, 0.2) is 0 Å². The molecule has 3 unspecified atom stereocenters. The fraction of sp³-hybridized carbons (Fsp3) is 1.00. The molecule has 1 N–H and O–H groups in total. The Bertz CT molecular complexity index is 239. The van der Waals surface area contributed by atoms with E-state index in [2.05, 4.69) is 35.9 Å². The monoisotopic (exact) mass is 255 g/mol. The van der Waals surface area contributed by atoms with E-state index in [1.165, 1.54) is 32.6 Å². The van der Waals surface area contributed by atoms with Crippen molar-refractivity contribution in [1.82, 2.24) is 15.1 Å². The third kappa shape index (κ3) is 3.23. The number of likely N-dealkylation sites (N-methyl/N-ethyl adjacent to an activating group) is 1.